The van der Waals surface area contributed by atoms with Crippen LogP contribution < -0.4 is 0 Å². The standard InChI is InChI=1S/C45H30O2/c1-4-21-15-24-18-25-16-22-12-13-23-17-26-19-27-20-43(2)44(14-8-11-29(46)47-3,28-9-6-5-7-10-28)45(43)41(21)39-33(24)32(25)36-30(22)31(23)37-34(26)35(27)42(45)40(39)38(36)37/h4-7,9-10,12-13,15-17,20H,1,8,11,14,18-19H2,2-3H3/t43?,44-,45?/m0/s1. The minimum absolute atomic E-state index is 0.121. The van der Waals surface area contributed by atoms with E-state index < -0.39 is 0 Å². The quantitative estimate of drug-likeness (QED) is 0.140. The fraction of sp³-hybridized carbons (Fsp3) is 0.222. The largest absolute Gasteiger partial charge is 0.469 e. The van der Waals surface area contributed by atoms with Crippen molar-refractivity contribution in [3.05, 3.63) is 118 Å². The van der Waals surface area contributed by atoms with Crippen molar-refractivity contribution < 1.29 is 9.53 Å². The summed E-state index contributed by atoms with van der Waals surface area (Å²) in [6, 6.07) is 23.6. The number of carbonyl (C=O) groups excluding carboxylic acids is 1. The predicted molar refractivity (Wildman–Crippen MR) is 192 cm³/mol. The summed E-state index contributed by atoms with van der Waals surface area (Å²) in [5.74, 6) is -0.121. The second-order valence-corrected chi connectivity index (χ2v) is 15.5. The summed E-state index contributed by atoms with van der Waals surface area (Å²) in [7, 11) is 1.51. The van der Waals surface area contributed by atoms with Crippen LogP contribution in [0.25, 0.3) is 76.3 Å². The molecule has 1 spiro atoms. The first-order valence-electron chi connectivity index (χ1n) is 17.3. The number of methoxy groups -OCH3 is 1. The molecule has 0 amide bonds. The van der Waals surface area contributed by atoms with Crippen LogP contribution in [0.2, 0.25) is 0 Å². The summed E-state index contributed by atoms with van der Waals surface area (Å²) in [5, 5.41) is 17.9. The molecule has 8 aromatic rings. The third-order valence-electron chi connectivity index (χ3n) is 14.2. The minimum atomic E-state index is -0.251. The van der Waals surface area contributed by atoms with Crippen LogP contribution in [0, 0.1) is 5.41 Å². The molecular formula is C45H30O2. The molecular weight excluding hydrogens is 572 g/mol. The van der Waals surface area contributed by atoms with E-state index in [1.54, 1.807) is 5.56 Å². The minimum Gasteiger partial charge on any atom is -0.469 e. The van der Waals surface area contributed by atoms with E-state index in [2.05, 4.69) is 86.3 Å². The lowest BCUT2D eigenvalue weighted by atomic mass is 9.72. The smallest absolute Gasteiger partial charge is 0.305 e. The van der Waals surface area contributed by atoms with Crippen molar-refractivity contribution in [1.82, 2.24) is 0 Å². The zero-order valence-electron chi connectivity index (χ0n) is 26.5. The van der Waals surface area contributed by atoms with Gasteiger partial charge in [0, 0.05) is 22.7 Å². The molecule has 0 aromatic heterocycles. The van der Waals surface area contributed by atoms with Gasteiger partial charge in [0.15, 0.2) is 0 Å². The highest BCUT2D eigenvalue weighted by atomic mass is 16.5. The molecule has 1 saturated carbocycles. The number of rotatable bonds is 6. The maximum absolute atomic E-state index is 12.6. The Labute approximate surface area is 271 Å². The predicted octanol–water partition coefficient (Wildman–Crippen LogP) is 10.3. The summed E-state index contributed by atoms with van der Waals surface area (Å²) < 4.78 is 5.17. The van der Waals surface area contributed by atoms with Crippen LogP contribution in [0.5, 0.6) is 0 Å². The number of ether oxygens (including phenoxy) is 1. The lowest BCUT2D eigenvalue weighted by Gasteiger charge is -2.29. The summed E-state index contributed by atoms with van der Waals surface area (Å²) >= 11 is 0. The van der Waals surface area contributed by atoms with Crippen molar-refractivity contribution in [2.75, 3.05) is 7.11 Å². The first-order chi connectivity index (χ1) is 23.0. The van der Waals surface area contributed by atoms with Gasteiger partial charge in [-0.15, -0.1) is 0 Å². The SMILES string of the molecule is C=Cc1cc2c3c4c1C15c6c7c8c(cc9ccc%10cc(c3c3c%10c9c8c3c64)C2)CC7=CC1(C)[C@]5(CCCC(=O)OC)c1ccccc1. The van der Waals surface area contributed by atoms with Gasteiger partial charge in [0.2, 0.25) is 0 Å². The molecule has 5 aliphatic rings. The average Bonchev–Trinajstić information content (AvgIpc) is 3.64. The lowest BCUT2D eigenvalue weighted by molar-refractivity contribution is -0.140. The van der Waals surface area contributed by atoms with Gasteiger partial charge in [0.1, 0.15) is 0 Å². The van der Waals surface area contributed by atoms with E-state index in [1.165, 1.54) is 116 Å². The molecule has 8 aromatic carbocycles. The number of hydrogen-bond acceptors (Lipinski definition) is 2. The van der Waals surface area contributed by atoms with Crippen LogP contribution >= 0.6 is 0 Å². The van der Waals surface area contributed by atoms with Crippen molar-refractivity contribution in [3.63, 3.8) is 0 Å². The zero-order valence-corrected chi connectivity index (χ0v) is 26.5. The third-order valence-corrected chi connectivity index (χ3v) is 14.2. The molecule has 0 N–H and O–H groups in total. The average molecular weight is 603 g/mol. The molecule has 222 valence electrons. The highest BCUT2D eigenvalue weighted by Gasteiger charge is 2.87. The Morgan fingerprint density at radius 1 is 0.787 bits per heavy atom. The lowest BCUT2D eigenvalue weighted by Crippen LogP contribution is -2.25. The van der Waals surface area contributed by atoms with Crippen LogP contribution in [0.1, 0.15) is 70.7 Å². The van der Waals surface area contributed by atoms with Gasteiger partial charge in [-0.3, -0.25) is 4.79 Å². The van der Waals surface area contributed by atoms with E-state index in [4.69, 9.17) is 4.74 Å². The van der Waals surface area contributed by atoms with E-state index in [1.807, 2.05) is 0 Å². The van der Waals surface area contributed by atoms with E-state index in [0.717, 1.165) is 25.7 Å². The molecule has 2 unspecified atom stereocenters. The van der Waals surface area contributed by atoms with Crippen LogP contribution in [0.15, 0.2) is 73.3 Å². The molecule has 0 heterocycles. The maximum atomic E-state index is 12.6. The van der Waals surface area contributed by atoms with Gasteiger partial charge in [0.25, 0.3) is 0 Å². The molecule has 13 rings (SSSR count). The summed E-state index contributed by atoms with van der Waals surface area (Å²) in [5.41, 5.74) is 12.7. The number of benzene rings is 7. The van der Waals surface area contributed by atoms with Gasteiger partial charge < -0.3 is 4.74 Å². The van der Waals surface area contributed by atoms with E-state index >= 15 is 0 Å². The molecule has 3 atom stereocenters. The van der Waals surface area contributed by atoms with E-state index in [9.17, 15) is 4.79 Å². The third kappa shape index (κ3) is 2.04. The van der Waals surface area contributed by atoms with Gasteiger partial charge in [-0.1, -0.05) is 86.3 Å². The molecule has 0 radical (unpaired) electrons. The van der Waals surface area contributed by atoms with Gasteiger partial charge in [-0.05, 0) is 140 Å². The fourth-order valence-electron chi connectivity index (χ4n) is 13.1. The van der Waals surface area contributed by atoms with Gasteiger partial charge >= 0.3 is 5.97 Å². The van der Waals surface area contributed by atoms with Crippen molar-refractivity contribution in [2.45, 2.75) is 49.9 Å². The molecule has 5 aliphatic carbocycles. The Kier molecular flexibility index (Phi) is 3.61. The van der Waals surface area contributed by atoms with Crippen LogP contribution in [-0.4, -0.2) is 13.1 Å². The number of allylic oxidation sites excluding steroid dienone is 2. The molecule has 0 aliphatic heterocycles. The van der Waals surface area contributed by atoms with Crippen molar-refractivity contribution in [2.24, 2.45) is 5.41 Å². The summed E-state index contributed by atoms with van der Waals surface area (Å²) in [4.78, 5) is 12.6. The van der Waals surface area contributed by atoms with Gasteiger partial charge in [-0.2, -0.15) is 0 Å². The van der Waals surface area contributed by atoms with Crippen LogP contribution in [-0.2, 0) is 33.2 Å². The highest BCUT2D eigenvalue weighted by Crippen LogP contribution is 2.89. The second kappa shape index (κ2) is 6.99. The Morgan fingerprint density at radius 2 is 1.45 bits per heavy atom. The topological polar surface area (TPSA) is 26.3 Å². The first-order valence-corrected chi connectivity index (χ1v) is 17.3. The van der Waals surface area contributed by atoms with Crippen molar-refractivity contribution in [1.29, 1.82) is 0 Å². The number of hydrogen-bond donors (Lipinski definition) is 0. The highest BCUT2D eigenvalue weighted by molar-refractivity contribution is 6.52. The molecule has 2 heteroatoms. The Morgan fingerprint density at radius 3 is 2.19 bits per heavy atom. The van der Waals surface area contributed by atoms with Gasteiger partial charge in [-0.25, -0.2) is 0 Å². The molecule has 0 saturated heterocycles. The van der Waals surface area contributed by atoms with Gasteiger partial charge in [0.05, 0.1) is 7.11 Å². The monoisotopic (exact) mass is 602 g/mol. The second-order valence-electron chi connectivity index (χ2n) is 15.5. The number of carbonyl (C=O) groups is 1. The van der Waals surface area contributed by atoms with Crippen molar-refractivity contribution in [3.8, 4) is 0 Å². The molecule has 0 bridgehead atoms. The maximum Gasteiger partial charge on any atom is 0.305 e. The Hall–Kier alpha value is -4.95. The van der Waals surface area contributed by atoms with E-state index in [0.29, 0.717) is 6.42 Å². The number of esters is 1. The van der Waals surface area contributed by atoms with Crippen LogP contribution in [0.3, 0.4) is 0 Å². The molecule has 47 heavy (non-hydrogen) atoms. The Bertz CT molecular complexity index is 2910. The normalized spacial score (nSPS) is 25.4. The summed E-state index contributed by atoms with van der Waals surface area (Å²) in [6.45, 7) is 7.05. The van der Waals surface area contributed by atoms with E-state index in [-0.39, 0.29) is 22.2 Å². The molecule has 1 fully saturated rings. The molecule has 2 nitrogen and oxygen atoms in total. The van der Waals surface area contributed by atoms with Crippen molar-refractivity contribution >= 4 is 82.3 Å². The zero-order chi connectivity index (χ0) is 30.9. The van der Waals surface area contributed by atoms with Crippen LogP contribution in [0.4, 0.5) is 0 Å². The fourth-order valence-corrected chi connectivity index (χ4v) is 13.1. The summed E-state index contributed by atoms with van der Waals surface area (Å²) in [6.07, 6.45) is 9.00. The Balaban J connectivity index is 1.32. The first kappa shape index (κ1) is 24.3.